The normalized spacial score (nSPS) is 22.2. The van der Waals surface area contributed by atoms with E-state index in [-0.39, 0.29) is 5.60 Å². The van der Waals surface area contributed by atoms with Crippen LogP contribution in [0.5, 0.6) is 0 Å². The predicted molar refractivity (Wildman–Crippen MR) is 43.5 cm³/mol. The number of hydrogen-bond acceptors (Lipinski definition) is 1. The van der Waals surface area contributed by atoms with Crippen LogP contribution in [-0.2, 0) is 4.74 Å². The average molecular weight is 163 g/mol. The first-order valence-electron chi connectivity index (χ1n) is 3.94. The van der Waals surface area contributed by atoms with E-state index in [0.29, 0.717) is 0 Å². The monoisotopic (exact) mass is 162 g/mol. The Bertz CT molecular complexity index is 93.9. The van der Waals surface area contributed by atoms with E-state index in [9.17, 15) is 0 Å². The van der Waals surface area contributed by atoms with Crippen molar-refractivity contribution in [3.8, 4) is 0 Å². The lowest BCUT2D eigenvalue weighted by Crippen LogP contribution is -2.38. The first-order chi connectivity index (χ1) is 4.83. The molecule has 0 N–H and O–H groups in total. The van der Waals surface area contributed by atoms with Crippen LogP contribution < -0.4 is 0 Å². The second-order valence-corrected chi connectivity index (χ2v) is 3.41. The van der Waals surface area contributed by atoms with Crippen molar-refractivity contribution in [2.75, 3.05) is 13.0 Å². The molecule has 1 aliphatic carbocycles. The fraction of sp³-hybridized carbons (Fsp3) is 1.00. The van der Waals surface area contributed by atoms with E-state index < -0.39 is 0 Å². The molecule has 1 saturated carbocycles. The van der Waals surface area contributed by atoms with Gasteiger partial charge in [-0.05, 0) is 32.1 Å². The van der Waals surface area contributed by atoms with E-state index in [4.69, 9.17) is 16.3 Å². The average Bonchev–Trinajstić information content (AvgIpc) is 1.87. The molecule has 0 radical (unpaired) electrons. The molecule has 0 unspecified atom stereocenters. The summed E-state index contributed by atoms with van der Waals surface area (Å²) in [5, 5.41) is 0. The van der Waals surface area contributed by atoms with Gasteiger partial charge in [0.15, 0.2) is 0 Å². The third-order valence-electron chi connectivity index (χ3n) is 2.46. The van der Waals surface area contributed by atoms with E-state index in [1.165, 1.54) is 19.3 Å². The number of halogens is 1. The van der Waals surface area contributed by atoms with Crippen molar-refractivity contribution in [1.29, 1.82) is 0 Å². The molecule has 0 amide bonds. The minimum atomic E-state index is 0.231. The topological polar surface area (TPSA) is 9.23 Å². The number of methoxy groups -OCH3 is 1. The second kappa shape index (κ2) is 3.59. The smallest absolute Gasteiger partial charge is 0.0679 e. The van der Waals surface area contributed by atoms with Crippen LogP contribution in [0, 0.1) is 0 Å². The van der Waals surface area contributed by atoms with Crippen molar-refractivity contribution >= 4 is 11.6 Å². The minimum Gasteiger partial charge on any atom is -0.378 e. The Morgan fingerprint density at radius 1 is 1.50 bits per heavy atom. The van der Waals surface area contributed by atoms with E-state index in [2.05, 4.69) is 0 Å². The SMILES string of the molecule is COC1(CCCCl)CCC1. The molecule has 1 fully saturated rings. The summed E-state index contributed by atoms with van der Waals surface area (Å²) >= 11 is 5.59. The molecule has 2 heteroatoms. The van der Waals surface area contributed by atoms with E-state index in [1.807, 2.05) is 7.11 Å². The Balaban J connectivity index is 2.20. The Morgan fingerprint density at radius 3 is 2.50 bits per heavy atom. The van der Waals surface area contributed by atoms with Gasteiger partial charge in [0.1, 0.15) is 0 Å². The Morgan fingerprint density at radius 2 is 2.20 bits per heavy atom. The zero-order valence-corrected chi connectivity index (χ0v) is 7.28. The summed E-state index contributed by atoms with van der Waals surface area (Å²) in [5.74, 6) is 0.769. The molecular formula is C8H15ClO. The van der Waals surface area contributed by atoms with Crippen LogP contribution in [0.2, 0.25) is 0 Å². The van der Waals surface area contributed by atoms with Crippen molar-refractivity contribution in [1.82, 2.24) is 0 Å². The van der Waals surface area contributed by atoms with Crippen molar-refractivity contribution in [3.63, 3.8) is 0 Å². The number of hydrogen-bond donors (Lipinski definition) is 0. The third-order valence-corrected chi connectivity index (χ3v) is 2.73. The molecule has 1 aliphatic rings. The largest absolute Gasteiger partial charge is 0.378 e. The van der Waals surface area contributed by atoms with E-state index in [1.54, 1.807) is 0 Å². The van der Waals surface area contributed by atoms with Gasteiger partial charge in [-0.15, -0.1) is 11.6 Å². The lowest BCUT2D eigenvalue weighted by atomic mass is 9.77. The summed E-state index contributed by atoms with van der Waals surface area (Å²) in [4.78, 5) is 0. The number of ether oxygens (including phenoxy) is 1. The molecule has 0 spiro atoms. The highest BCUT2D eigenvalue weighted by Crippen LogP contribution is 2.38. The van der Waals surface area contributed by atoms with Gasteiger partial charge < -0.3 is 4.74 Å². The van der Waals surface area contributed by atoms with Gasteiger partial charge in [-0.3, -0.25) is 0 Å². The lowest BCUT2D eigenvalue weighted by molar-refractivity contribution is -0.0776. The standard InChI is InChI=1S/C8H15ClO/c1-10-8(4-2-5-8)6-3-7-9/h2-7H2,1H3. The van der Waals surface area contributed by atoms with Crippen LogP contribution in [0.1, 0.15) is 32.1 Å². The number of rotatable bonds is 4. The molecule has 1 rings (SSSR count). The highest BCUT2D eigenvalue weighted by Gasteiger charge is 2.35. The van der Waals surface area contributed by atoms with Gasteiger partial charge in [0, 0.05) is 13.0 Å². The van der Waals surface area contributed by atoms with Gasteiger partial charge >= 0.3 is 0 Å². The highest BCUT2D eigenvalue weighted by atomic mass is 35.5. The van der Waals surface area contributed by atoms with Crippen molar-refractivity contribution < 1.29 is 4.74 Å². The summed E-state index contributed by atoms with van der Waals surface area (Å²) in [5.41, 5.74) is 0.231. The minimum absolute atomic E-state index is 0.231. The molecule has 1 nitrogen and oxygen atoms in total. The lowest BCUT2D eigenvalue weighted by Gasteiger charge is -2.40. The molecule has 0 aromatic rings. The predicted octanol–water partition coefficient (Wildman–Crippen LogP) is 2.57. The zero-order chi connectivity index (χ0) is 7.45. The van der Waals surface area contributed by atoms with E-state index in [0.717, 1.165) is 18.7 Å². The maximum absolute atomic E-state index is 5.59. The summed E-state index contributed by atoms with van der Waals surface area (Å²) in [6.07, 6.45) is 6.04. The van der Waals surface area contributed by atoms with Gasteiger partial charge in [0.05, 0.1) is 5.60 Å². The molecule has 0 aliphatic heterocycles. The molecule has 0 atom stereocenters. The van der Waals surface area contributed by atoms with Gasteiger partial charge in [-0.25, -0.2) is 0 Å². The van der Waals surface area contributed by atoms with Crippen molar-refractivity contribution in [3.05, 3.63) is 0 Å². The summed E-state index contributed by atoms with van der Waals surface area (Å²) in [6, 6.07) is 0. The van der Waals surface area contributed by atoms with Crippen LogP contribution >= 0.6 is 11.6 Å². The van der Waals surface area contributed by atoms with Crippen LogP contribution in [-0.4, -0.2) is 18.6 Å². The summed E-state index contributed by atoms with van der Waals surface area (Å²) in [6.45, 7) is 0. The summed E-state index contributed by atoms with van der Waals surface area (Å²) < 4.78 is 5.42. The van der Waals surface area contributed by atoms with Gasteiger partial charge in [-0.1, -0.05) is 0 Å². The molecule has 0 aromatic heterocycles. The second-order valence-electron chi connectivity index (χ2n) is 3.03. The molecule has 0 bridgehead atoms. The fourth-order valence-corrected chi connectivity index (χ4v) is 1.65. The Labute approximate surface area is 67.7 Å². The molecule has 10 heavy (non-hydrogen) atoms. The molecule has 0 heterocycles. The van der Waals surface area contributed by atoms with Crippen molar-refractivity contribution in [2.45, 2.75) is 37.7 Å². The molecule has 60 valence electrons. The van der Waals surface area contributed by atoms with Gasteiger partial charge in [-0.2, -0.15) is 0 Å². The van der Waals surface area contributed by atoms with Crippen LogP contribution in [0.4, 0.5) is 0 Å². The van der Waals surface area contributed by atoms with Crippen LogP contribution in [0.3, 0.4) is 0 Å². The fourth-order valence-electron chi connectivity index (χ4n) is 1.52. The van der Waals surface area contributed by atoms with Crippen LogP contribution in [0.25, 0.3) is 0 Å². The van der Waals surface area contributed by atoms with Gasteiger partial charge in [0.2, 0.25) is 0 Å². The Kier molecular flexibility index (Phi) is 2.99. The maximum atomic E-state index is 5.59. The van der Waals surface area contributed by atoms with Gasteiger partial charge in [0.25, 0.3) is 0 Å². The first-order valence-corrected chi connectivity index (χ1v) is 4.47. The Hall–Kier alpha value is 0.250. The molecule has 0 aromatic carbocycles. The quantitative estimate of drug-likeness (QED) is 0.578. The third kappa shape index (κ3) is 1.64. The highest BCUT2D eigenvalue weighted by molar-refractivity contribution is 6.17. The molecule has 0 saturated heterocycles. The first kappa shape index (κ1) is 8.35. The zero-order valence-electron chi connectivity index (χ0n) is 6.53. The van der Waals surface area contributed by atoms with E-state index >= 15 is 0 Å². The van der Waals surface area contributed by atoms with Crippen molar-refractivity contribution in [2.24, 2.45) is 0 Å². The van der Waals surface area contributed by atoms with Crippen LogP contribution in [0.15, 0.2) is 0 Å². The maximum Gasteiger partial charge on any atom is 0.0679 e. The summed E-state index contributed by atoms with van der Waals surface area (Å²) in [7, 11) is 1.81. The molecular weight excluding hydrogens is 148 g/mol. The number of alkyl halides is 1.